The van der Waals surface area contributed by atoms with Gasteiger partial charge in [-0.05, 0) is 30.0 Å². The topological polar surface area (TPSA) is 0 Å². The van der Waals surface area contributed by atoms with Gasteiger partial charge in [0.05, 0.1) is 10.0 Å². The van der Waals surface area contributed by atoms with Crippen molar-refractivity contribution in [2.75, 3.05) is 0 Å². The lowest BCUT2D eigenvalue weighted by Crippen LogP contribution is -2.07. The third kappa shape index (κ3) is 2.88. The molecule has 0 aliphatic carbocycles. The van der Waals surface area contributed by atoms with Crippen molar-refractivity contribution in [2.24, 2.45) is 0 Å². The maximum absolute atomic E-state index is 5.96. The summed E-state index contributed by atoms with van der Waals surface area (Å²) in [6, 6.07) is 5.83. The summed E-state index contributed by atoms with van der Waals surface area (Å²) in [6.07, 6.45) is 1.10. The van der Waals surface area contributed by atoms with Crippen molar-refractivity contribution in [1.29, 1.82) is 0 Å². The number of rotatable bonds is 3. The second kappa shape index (κ2) is 5.39. The van der Waals surface area contributed by atoms with Crippen molar-refractivity contribution < 1.29 is 0 Å². The lowest BCUT2D eigenvalue weighted by atomic mass is 9.97. The minimum Gasteiger partial charge on any atom is -0.0884 e. The summed E-state index contributed by atoms with van der Waals surface area (Å²) in [7, 11) is 0. The van der Waals surface area contributed by atoms with Crippen LogP contribution in [0.1, 0.15) is 31.7 Å². The third-order valence-corrected chi connectivity index (χ3v) is 4.58. The molecule has 0 heterocycles. The summed E-state index contributed by atoms with van der Waals surface area (Å²) in [6.45, 7) is 4.34. The van der Waals surface area contributed by atoms with E-state index in [2.05, 4.69) is 29.8 Å². The van der Waals surface area contributed by atoms with Gasteiger partial charge in [0.15, 0.2) is 0 Å². The molecule has 0 aliphatic rings. The fourth-order valence-corrected chi connectivity index (χ4v) is 1.97. The van der Waals surface area contributed by atoms with Crippen LogP contribution in [0, 0.1) is 0 Å². The monoisotopic (exact) mass is 294 g/mol. The highest BCUT2D eigenvalue weighted by atomic mass is 79.9. The van der Waals surface area contributed by atoms with Gasteiger partial charge in [0.2, 0.25) is 0 Å². The lowest BCUT2D eigenvalue weighted by Gasteiger charge is -2.17. The predicted octanol–water partition coefficient (Wildman–Crippen LogP) is 5.27. The van der Waals surface area contributed by atoms with Crippen LogP contribution in [0.15, 0.2) is 18.2 Å². The highest BCUT2D eigenvalue weighted by molar-refractivity contribution is 9.09. The van der Waals surface area contributed by atoms with E-state index in [1.165, 1.54) is 5.56 Å². The molecule has 0 nitrogen and oxygen atoms in total. The maximum Gasteiger partial charge on any atom is 0.0595 e. The van der Waals surface area contributed by atoms with Gasteiger partial charge in [-0.1, -0.05) is 59.0 Å². The molecule has 0 fully saturated rings. The number of hydrogen-bond donors (Lipinski definition) is 0. The Balaban J connectivity index is 2.91. The summed E-state index contributed by atoms with van der Waals surface area (Å²) in [5.41, 5.74) is 1.23. The summed E-state index contributed by atoms with van der Waals surface area (Å²) < 4.78 is 0. The van der Waals surface area contributed by atoms with E-state index in [1.54, 1.807) is 0 Å². The summed E-state index contributed by atoms with van der Waals surface area (Å²) >= 11 is 15.5. The van der Waals surface area contributed by atoms with Crippen LogP contribution in [0.3, 0.4) is 0 Å². The Morgan fingerprint density at radius 3 is 2.43 bits per heavy atom. The van der Waals surface area contributed by atoms with Crippen molar-refractivity contribution in [3.63, 3.8) is 0 Å². The van der Waals surface area contributed by atoms with E-state index in [9.17, 15) is 0 Å². The van der Waals surface area contributed by atoms with Crippen molar-refractivity contribution >= 4 is 39.1 Å². The van der Waals surface area contributed by atoms with Crippen molar-refractivity contribution in [3.8, 4) is 0 Å². The zero-order chi connectivity index (χ0) is 10.7. The molecule has 1 aromatic carbocycles. The molecule has 0 bridgehead atoms. The van der Waals surface area contributed by atoms with Gasteiger partial charge in [0, 0.05) is 4.83 Å². The van der Waals surface area contributed by atoms with Crippen LogP contribution in [0.4, 0.5) is 0 Å². The molecule has 2 atom stereocenters. The first-order valence-corrected chi connectivity index (χ1v) is 6.32. The molecule has 0 aromatic heterocycles. The highest BCUT2D eigenvalue weighted by Gasteiger charge is 2.14. The van der Waals surface area contributed by atoms with E-state index in [-0.39, 0.29) is 0 Å². The summed E-state index contributed by atoms with van der Waals surface area (Å²) in [4.78, 5) is 0.486. The molecule has 0 saturated carbocycles. The molecule has 0 saturated heterocycles. The van der Waals surface area contributed by atoms with Crippen LogP contribution in [0.5, 0.6) is 0 Å². The van der Waals surface area contributed by atoms with Gasteiger partial charge in [-0.3, -0.25) is 0 Å². The maximum atomic E-state index is 5.96. The van der Waals surface area contributed by atoms with Gasteiger partial charge >= 0.3 is 0 Å². The standard InChI is InChI=1S/C11H13BrCl2/c1-3-9(12)7(2)8-4-5-10(13)11(14)6-8/h4-7,9H,3H2,1-2H3. The smallest absolute Gasteiger partial charge is 0.0595 e. The first kappa shape index (κ1) is 12.4. The number of halogens is 3. The number of benzene rings is 1. The van der Waals surface area contributed by atoms with Crippen LogP contribution in [-0.2, 0) is 0 Å². The quantitative estimate of drug-likeness (QED) is 0.666. The lowest BCUT2D eigenvalue weighted by molar-refractivity contribution is 0.694. The fraction of sp³-hybridized carbons (Fsp3) is 0.455. The van der Waals surface area contributed by atoms with Gasteiger partial charge in [-0.2, -0.15) is 0 Å². The van der Waals surface area contributed by atoms with Crippen LogP contribution >= 0.6 is 39.1 Å². The second-order valence-corrected chi connectivity index (χ2v) is 5.38. The van der Waals surface area contributed by atoms with Gasteiger partial charge in [-0.25, -0.2) is 0 Å². The SMILES string of the molecule is CCC(Br)C(C)c1ccc(Cl)c(Cl)c1. The Morgan fingerprint density at radius 1 is 1.29 bits per heavy atom. The molecule has 0 amide bonds. The van der Waals surface area contributed by atoms with Gasteiger partial charge in [0.25, 0.3) is 0 Å². The van der Waals surface area contributed by atoms with Crippen LogP contribution in [-0.4, -0.2) is 4.83 Å². The van der Waals surface area contributed by atoms with Crippen LogP contribution < -0.4 is 0 Å². The highest BCUT2D eigenvalue weighted by Crippen LogP contribution is 2.31. The predicted molar refractivity (Wildman–Crippen MR) is 67.9 cm³/mol. The van der Waals surface area contributed by atoms with Crippen molar-refractivity contribution in [2.45, 2.75) is 31.0 Å². The average Bonchev–Trinajstić information content (AvgIpc) is 2.20. The largest absolute Gasteiger partial charge is 0.0884 e. The average molecular weight is 296 g/mol. The van der Waals surface area contributed by atoms with E-state index in [1.807, 2.05) is 18.2 Å². The molecule has 14 heavy (non-hydrogen) atoms. The van der Waals surface area contributed by atoms with Crippen molar-refractivity contribution in [3.05, 3.63) is 33.8 Å². The first-order chi connectivity index (χ1) is 6.56. The van der Waals surface area contributed by atoms with Crippen LogP contribution in [0.25, 0.3) is 0 Å². The fourth-order valence-electron chi connectivity index (χ4n) is 1.36. The molecule has 78 valence electrons. The molecule has 0 aliphatic heterocycles. The molecule has 0 N–H and O–H groups in total. The molecular weight excluding hydrogens is 283 g/mol. The molecule has 1 rings (SSSR count). The summed E-state index contributed by atoms with van der Waals surface area (Å²) in [5, 5.41) is 1.25. The zero-order valence-corrected chi connectivity index (χ0v) is 11.3. The Labute approximate surface area is 104 Å². The van der Waals surface area contributed by atoms with Crippen molar-refractivity contribution in [1.82, 2.24) is 0 Å². The number of hydrogen-bond acceptors (Lipinski definition) is 0. The van der Waals surface area contributed by atoms with E-state index >= 15 is 0 Å². The molecule has 2 unspecified atom stereocenters. The van der Waals surface area contributed by atoms with Crippen LogP contribution in [0.2, 0.25) is 10.0 Å². The van der Waals surface area contributed by atoms with E-state index in [4.69, 9.17) is 23.2 Å². The summed E-state index contributed by atoms with van der Waals surface area (Å²) in [5.74, 6) is 0.453. The first-order valence-electron chi connectivity index (χ1n) is 4.65. The minimum atomic E-state index is 0.453. The Bertz CT molecular complexity index is 312. The van der Waals surface area contributed by atoms with Gasteiger partial charge in [0.1, 0.15) is 0 Å². The van der Waals surface area contributed by atoms with Gasteiger partial charge in [-0.15, -0.1) is 0 Å². The second-order valence-electron chi connectivity index (χ2n) is 3.39. The van der Waals surface area contributed by atoms with Gasteiger partial charge < -0.3 is 0 Å². The van der Waals surface area contributed by atoms with E-state index in [0.717, 1.165) is 6.42 Å². The van der Waals surface area contributed by atoms with E-state index in [0.29, 0.717) is 20.8 Å². The molecule has 1 aromatic rings. The third-order valence-electron chi connectivity index (χ3n) is 2.40. The minimum absolute atomic E-state index is 0.453. The molecule has 0 spiro atoms. The molecular formula is C11H13BrCl2. The Morgan fingerprint density at radius 2 is 1.93 bits per heavy atom. The number of alkyl halides is 1. The Hall–Kier alpha value is 0.280. The molecule has 0 radical (unpaired) electrons. The zero-order valence-electron chi connectivity index (χ0n) is 8.23. The normalized spacial score (nSPS) is 15.2. The molecule has 3 heteroatoms. The Kier molecular flexibility index (Phi) is 4.75. The van der Waals surface area contributed by atoms with E-state index < -0.39 is 0 Å².